The fraction of sp³-hybridized carbons (Fsp3) is 1.00. The minimum Gasteiger partial charge on any atom is -0.314 e. The number of thioether (sulfide) groups is 1. The first kappa shape index (κ1) is 11.4. The Bertz CT molecular complexity index is 132. The van der Waals surface area contributed by atoms with Crippen LogP contribution < -0.4 is 5.32 Å². The van der Waals surface area contributed by atoms with Crippen molar-refractivity contribution in [2.24, 2.45) is 5.92 Å². The number of rotatable bonds is 7. The highest BCUT2D eigenvalue weighted by atomic mass is 32.2. The van der Waals surface area contributed by atoms with E-state index < -0.39 is 0 Å². The predicted octanol–water partition coefficient (Wildman–Crippen LogP) is 2.91. The molecule has 0 heterocycles. The van der Waals surface area contributed by atoms with Gasteiger partial charge in [0.1, 0.15) is 0 Å². The van der Waals surface area contributed by atoms with Gasteiger partial charge in [0.25, 0.3) is 0 Å². The second kappa shape index (κ2) is 5.92. The summed E-state index contributed by atoms with van der Waals surface area (Å²) in [6.07, 6.45) is 4.16. The molecular weight excluding hydrogens is 178 g/mol. The van der Waals surface area contributed by atoms with Crippen LogP contribution in [0.4, 0.5) is 0 Å². The van der Waals surface area contributed by atoms with Crippen molar-refractivity contribution in [3.8, 4) is 0 Å². The van der Waals surface area contributed by atoms with E-state index in [4.69, 9.17) is 0 Å². The van der Waals surface area contributed by atoms with Crippen LogP contribution in [0.5, 0.6) is 0 Å². The molecule has 2 heteroatoms. The maximum atomic E-state index is 3.55. The average molecular weight is 201 g/mol. The molecule has 0 aromatic carbocycles. The van der Waals surface area contributed by atoms with Gasteiger partial charge >= 0.3 is 0 Å². The first-order chi connectivity index (χ1) is 6.20. The van der Waals surface area contributed by atoms with Crippen molar-refractivity contribution < 1.29 is 0 Å². The van der Waals surface area contributed by atoms with Crippen LogP contribution in [-0.2, 0) is 0 Å². The summed E-state index contributed by atoms with van der Waals surface area (Å²) >= 11 is 2.12. The molecular formula is C11H23NS. The Morgan fingerprint density at radius 1 is 1.31 bits per heavy atom. The minimum absolute atomic E-state index is 0.820. The highest BCUT2D eigenvalue weighted by Crippen LogP contribution is 2.20. The van der Waals surface area contributed by atoms with Crippen LogP contribution >= 0.6 is 11.8 Å². The quantitative estimate of drug-likeness (QED) is 0.636. The molecule has 1 fully saturated rings. The van der Waals surface area contributed by atoms with Gasteiger partial charge in [0.2, 0.25) is 0 Å². The zero-order valence-electron chi connectivity index (χ0n) is 9.18. The van der Waals surface area contributed by atoms with Crippen molar-refractivity contribution >= 4 is 11.8 Å². The van der Waals surface area contributed by atoms with Crippen LogP contribution in [0.2, 0.25) is 0 Å². The van der Waals surface area contributed by atoms with E-state index in [1.165, 1.54) is 31.6 Å². The molecule has 0 aromatic heterocycles. The van der Waals surface area contributed by atoms with Gasteiger partial charge in [-0.1, -0.05) is 20.8 Å². The summed E-state index contributed by atoms with van der Waals surface area (Å²) in [5, 5.41) is 4.37. The van der Waals surface area contributed by atoms with Crippen LogP contribution in [0, 0.1) is 5.92 Å². The Hall–Kier alpha value is 0.310. The molecule has 1 nitrogen and oxygen atoms in total. The summed E-state index contributed by atoms with van der Waals surface area (Å²) in [6.45, 7) is 8.17. The van der Waals surface area contributed by atoms with E-state index in [0.29, 0.717) is 0 Å². The van der Waals surface area contributed by atoms with Crippen LogP contribution in [0.25, 0.3) is 0 Å². The van der Waals surface area contributed by atoms with Gasteiger partial charge in [0, 0.05) is 11.3 Å². The lowest BCUT2D eigenvalue weighted by atomic mass is 10.2. The maximum absolute atomic E-state index is 3.55. The summed E-state index contributed by atoms with van der Waals surface area (Å²) in [6, 6.07) is 0.882. The van der Waals surface area contributed by atoms with Gasteiger partial charge in [-0.05, 0) is 37.5 Å². The minimum atomic E-state index is 0.820. The van der Waals surface area contributed by atoms with E-state index in [2.05, 4.69) is 37.8 Å². The Morgan fingerprint density at radius 2 is 2.00 bits per heavy atom. The molecule has 0 aromatic rings. The molecule has 0 spiro atoms. The second-order valence-electron chi connectivity index (χ2n) is 4.40. The highest BCUT2D eigenvalue weighted by Gasteiger charge is 2.19. The molecule has 1 aliphatic carbocycles. The molecule has 0 saturated heterocycles. The van der Waals surface area contributed by atoms with E-state index in [0.717, 1.165) is 17.2 Å². The largest absolute Gasteiger partial charge is 0.314 e. The van der Waals surface area contributed by atoms with Crippen LogP contribution in [0.1, 0.15) is 40.0 Å². The van der Waals surface area contributed by atoms with Crippen LogP contribution in [0.3, 0.4) is 0 Å². The van der Waals surface area contributed by atoms with Gasteiger partial charge in [0.15, 0.2) is 0 Å². The summed E-state index contributed by atoms with van der Waals surface area (Å²) in [5.74, 6) is 2.14. The lowest BCUT2D eigenvalue weighted by Crippen LogP contribution is -2.18. The summed E-state index contributed by atoms with van der Waals surface area (Å²) in [7, 11) is 0. The van der Waals surface area contributed by atoms with Crippen LogP contribution in [0.15, 0.2) is 0 Å². The second-order valence-corrected chi connectivity index (χ2v) is 5.89. The zero-order chi connectivity index (χ0) is 9.68. The molecule has 0 aliphatic heterocycles. The Kier molecular flexibility index (Phi) is 5.18. The molecule has 13 heavy (non-hydrogen) atoms. The summed E-state index contributed by atoms with van der Waals surface area (Å²) in [5.41, 5.74) is 0. The summed E-state index contributed by atoms with van der Waals surface area (Å²) in [4.78, 5) is 0. The van der Waals surface area contributed by atoms with Crippen molar-refractivity contribution in [3.63, 3.8) is 0 Å². The first-order valence-electron chi connectivity index (χ1n) is 5.55. The normalized spacial score (nSPS) is 19.4. The highest BCUT2D eigenvalue weighted by molar-refractivity contribution is 7.99. The Morgan fingerprint density at radius 3 is 2.54 bits per heavy atom. The van der Waals surface area contributed by atoms with Crippen molar-refractivity contribution in [3.05, 3.63) is 0 Å². The summed E-state index contributed by atoms with van der Waals surface area (Å²) < 4.78 is 0. The third kappa shape index (κ3) is 5.58. The lowest BCUT2D eigenvalue weighted by molar-refractivity contribution is 0.638. The van der Waals surface area contributed by atoms with E-state index in [9.17, 15) is 0 Å². The van der Waals surface area contributed by atoms with Gasteiger partial charge in [-0.2, -0.15) is 11.8 Å². The molecule has 1 atom stereocenters. The average Bonchev–Trinajstić information content (AvgIpc) is 2.87. The first-order valence-corrected chi connectivity index (χ1v) is 6.60. The molecule has 1 aliphatic rings. The van der Waals surface area contributed by atoms with E-state index in [-0.39, 0.29) is 0 Å². The monoisotopic (exact) mass is 201 g/mol. The SMILES string of the molecule is CC(C)C(C)SCCCNC1CC1. The molecule has 78 valence electrons. The standard InChI is InChI=1S/C11H23NS/c1-9(2)10(3)13-8-4-7-12-11-5-6-11/h9-12H,4-8H2,1-3H3. The lowest BCUT2D eigenvalue weighted by Gasteiger charge is -2.14. The van der Waals surface area contributed by atoms with E-state index in [1.54, 1.807) is 0 Å². The number of hydrogen-bond donors (Lipinski definition) is 1. The van der Waals surface area contributed by atoms with Crippen molar-refractivity contribution in [1.29, 1.82) is 0 Å². The third-order valence-corrected chi connectivity index (χ3v) is 4.25. The maximum Gasteiger partial charge on any atom is 0.00682 e. The van der Waals surface area contributed by atoms with Crippen molar-refractivity contribution in [2.45, 2.75) is 51.3 Å². The van der Waals surface area contributed by atoms with E-state index >= 15 is 0 Å². The van der Waals surface area contributed by atoms with Gasteiger partial charge in [-0.15, -0.1) is 0 Å². The zero-order valence-corrected chi connectivity index (χ0v) is 9.99. The smallest absolute Gasteiger partial charge is 0.00682 e. The fourth-order valence-electron chi connectivity index (χ4n) is 1.13. The molecule has 1 rings (SSSR count). The van der Waals surface area contributed by atoms with Gasteiger partial charge in [-0.3, -0.25) is 0 Å². The molecule has 1 saturated carbocycles. The topological polar surface area (TPSA) is 12.0 Å². The van der Waals surface area contributed by atoms with Gasteiger partial charge < -0.3 is 5.32 Å². The number of hydrogen-bond acceptors (Lipinski definition) is 2. The third-order valence-electron chi connectivity index (χ3n) is 2.65. The van der Waals surface area contributed by atoms with Crippen molar-refractivity contribution in [2.75, 3.05) is 12.3 Å². The van der Waals surface area contributed by atoms with Crippen LogP contribution in [-0.4, -0.2) is 23.6 Å². The van der Waals surface area contributed by atoms with E-state index in [1.807, 2.05) is 0 Å². The van der Waals surface area contributed by atoms with Gasteiger partial charge in [0.05, 0.1) is 0 Å². The molecule has 0 radical (unpaired) electrons. The number of nitrogens with one attached hydrogen (secondary N) is 1. The molecule has 0 amide bonds. The molecule has 1 N–H and O–H groups in total. The fourth-order valence-corrected chi connectivity index (χ4v) is 2.20. The predicted molar refractivity (Wildman–Crippen MR) is 62.4 cm³/mol. The Balaban J connectivity index is 1.82. The molecule has 1 unspecified atom stereocenters. The Labute approximate surface area is 87.1 Å². The van der Waals surface area contributed by atoms with Gasteiger partial charge in [-0.25, -0.2) is 0 Å². The molecule has 0 bridgehead atoms. The van der Waals surface area contributed by atoms with Crippen molar-refractivity contribution in [1.82, 2.24) is 5.32 Å².